The van der Waals surface area contributed by atoms with Crippen LogP contribution in [0.4, 0.5) is 4.39 Å². The summed E-state index contributed by atoms with van der Waals surface area (Å²) in [6.45, 7) is 1.43. The summed E-state index contributed by atoms with van der Waals surface area (Å²) in [5.41, 5.74) is 6.96. The number of hydrogen-bond acceptors (Lipinski definition) is 3. The third-order valence-electron chi connectivity index (χ3n) is 6.56. The minimum Gasteiger partial charge on any atom is -0.381 e. The second-order valence-corrected chi connectivity index (χ2v) is 8.47. The van der Waals surface area contributed by atoms with Gasteiger partial charge in [-0.25, -0.2) is 4.39 Å². The van der Waals surface area contributed by atoms with Gasteiger partial charge < -0.3 is 9.30 Å². The average Bonchev–Trinajstić information content (AvgIpc) is 3.45. The summed E-state index contributed by atoms with van der Waals surface area (Å²) in [7, 11) is 0. The molecule has 2 aromatic heterocycles. The van der Waals surface area contributed by atoms with Crippen LogP contribution in [-0.4, -0.2) is 28.0 Å². The Balaban J connectivity index is 1.73. The van der Waals surface area contributed by atoms with Gasteiger partial charge in [-0.3, -0.25) is 5.10 Å². The fourth-order valence-corrected chi connectivity index (χ4v) is 4.99. The van der Waals surface area contributed by atoms with E-state index in [0.717, 1.165) is 51.5 Å². The van der Waals surface area contributed by atoms with Crippen LogP contribution in [0, 0.1) is 17.1 Å². The van der Waals surface area contributed by atoms with Gasteiger partial charge in [0, 0.05) is 46.8 Å². The molecule has 1 saturated heterocycles. The molecule has 33 heavy (non-hydrogen) atoms. The van der Waals surface area contributed by atoms with Crippen LogP contribution >= 0.6 is 0 Å². The van der Waals surface area contributed by atoms with Crippen molar-refractivity contribution in [3.8, 4) is 22.9 Å². The fourth-order valence-electron chi connectivity index (χ4n) is 4.99. The van der Waals surface area contributed by atoms with E-state index in [-0.39, 0.29) is 5.82 Å². The lowest BCUT2D eigenvalue weighted by Gasteiger charge is -2.26. The number of aromatic amines is 1. The Bertz CT molecular complexity index is 1500. The van der Waals surface area contributed by atoms with Crippen LogP contribution < -0.4 is 0 Å². The van der Waals surface area contributed by atoms with Gasteiger partial charge in [-0.2, -0.15) is 10.4 Å². The SMILES string of the molecule is N#Cc1ccc(-c2c(C3CCOCC3)n(-c3ccc(F)cc3)c3cc4cn[nH]c4cc23)cc1. The summed E-state index contributed by atoms with van der Waals surface area (Å²) >= 11 is 0. The van der Waals surface area contributed by atoms with E-state index < -0.39 is 0 Å². The van der Waals surface area contributed by atoms with Gasteiger partial charge in [-0.15, -0.1) is 0 Å². The first kappa shape index (κ1) is 19.7. The molecule has 1 N–H and O–H groups in total. The number of halogens is 1. The molecule has 0 atom stereocenters. The first-order chi connectivity index (χ1) is 16.2. The molecule has 0 bridgehead atoms. The fraction of sp³-hybridized carbons (Fsp3) is 0.185. The maximum atomic E-state index is 13.8. The number of nitriles is 1. The van der Waals surface area contributed by atoms with Gasteiger partial charge in [0.25, 0.3) is 0 Å². The molecule has 3 aromatic carbocycles. The highest BCUT2D eigenvalue weighted by molar-refractivity contribution is 6.05. The van der Waals surface area contributed by atoms with E-state index in [9.17, 15) is 9.65 Å². The molecule has 3 heterocycles. The van der Waals surface area contributed by atoms with Gasteiger partial charge in [0.2, 0.25) is 0 Å². The Morgan fingerprint density at radius 3 is 2.52 bits per heavy atom. The molecule has 0 unspecified atom stereocenters. The summed E-state index contributed by atoms with van der Waals surface area (Å²) < 4.78 is 21.8. The Labute approximate surface area is 190 Å². The predicted molar refractivity (Wildman–Crippen MR) is 126 cm³/mol. The molecule has 0 spiro atoms. The van der Waals surface area contributed by atoms with Gasteiger partial charge in [-0.1, -0.05) is 12.1 Å². The third kappa shape index (κ3) is 3.29. The van der Waals surface area contributed by atoms with E-state index in [1.165, 1.54) is 17.8 Å². The molecule has 0 amide bonds. The van der Waals surface area contributed by atoms with Crippen molar-refractivity contribution in [3.05, 3.63) is 83.9 Å². The number of H-pyrrole nitrogens is 1. The minimum absolute atomic E-state index is 0.257. The number of nitrogens with zero attached hydrogens (tertiary/aromatic N) is 3. The normalized spacial score (nSPS) is 14.7. The summed E-state index contributed by atoms with van der Waals surface area (Å²) in [6, 6.07) is 20.9. The number of fused-ring (bicyclic) bond motifs is 2. The average molecular weight is 436 g/mol. The van der Waals surface area contributed by atoms with Gasteiger partial charge in [0.1, 0.15) is 5.82 Å². The maximum Gasteiger partial charge on any atom is 0.123 e. The Morgan fingerprint density at radius 2 is 1.79 bits per heavy atom. The van der Waals surface area contributed by atoms with Crippen LogP contribution in [0.1, 0.15) is 30.0 Å². The molecule has 1 aliphatic rings. The number of hydrogen-bond donors (Lipinski definition) is 1. The second kappa shape index (κ2) is 7.88. The quantitative estimate of drug-likeness (QED) is 0.373. The van der Waals surface area contributed by atoms with Gasteiger partial charge in [0.15, 0.2) is 0 Å². The maximum absolute atomic E-state index is 13.8. The zero-order chi connectivity index (χ0) is 22.4. The number of benzene rings is 3. The van der Waals surface area contributed by atoms with E-state index >= 15 is 0 Å². The first-order valence-corrected chi connectivity index (χ1v) is 11.1. The predicted octanol–water partition coefficient (Wildman–Crippen LogP) is 6.08. The van der Waals surface area contributed by atoms with Crippen molar-refractivity contribution >= 4 is 21.8 Å². The lowest BCUT2D eigenvalue weighted by Crippen LogP contribution is -2.17. The molecule has 0 saturated carbocycles. The topological polar surface area (TPSA) is 66.6 Å². The summed E-state index contributed by atoms with van der Waals surface area (Å²) in [4.78, 5) is 0. The van der Waals surface area contributed by atoms with Crippen molar-refractivity contribution in [1.82, 2.24) is 14.8 Å². The smallest absolute Gasteiger partial charge is 0.123 e. The van der Waals surface area contributed by atoms with Crippen LogP contribution in [0.3, 0.4) is 0 Å². The van der Waals surface area contributed by atoms with Crippen LogP contribution in [0.2, 0.25) is 0 Å². The van der Waals surface area contributed by atoms with Crippen LogP contribution in [0.5, 0.6) is 0 Å². The molecule has 1 fully saturated rings. The molecule has 162 valence electrons. The van der Waals surface area contributed by atoms with Crippen molar-refractivity contribution in [1.29, 1.82) is 5.26 Å². The molecular weight excluding hydrogens is 415 g/mol. The van der Waals surface area contributed by atoms with E-state index in [4.69, 9.17) is 4.74 Å². The van der Waals surface area contributed by atoms with Crippen molar-refractivity contribution in [2.75, 3.05) is 13.2 Å². The lowest BCUT2D eigenvalue weighted by atomic mass is 9.89. The summed E-state index contributed by atoms with van der Waals surface area (Å²) in [5.74, 6) is 0.0330. The molecule has 0 aliphatic carbocycles. The van der Waals surface area contributed by atoms with Crippen molar-refractivity contribution in [2.45, 2.75) is 18.8 Å². The highest BCUT2D eigenvalue weighted by atomic mass is 19.1. The van der Waals surface area contributed by atoms with Crippen LogP contribution in [-0.2, 0) is 4.74 Å². The number of nitrogens with one attached hydrogen (secondary N) is 1. The van der Waals surface area contributed by atoms with E-state index in [1.807, 2.05) is 42.6 Å². The second-order valence-electron chi connectivity index (χ2n) is 8.47. The van der Waals surface area contributed by atoms with E-state index in [1.54, 1.807) is 0 Å². The third-order valence-corrected chi connectivity index (χ3v) is 6.56. The molecule has 6 heteroatoms. The molecular formula is C27H21FN4O. The number of ether oxygens (including phenoxy) is 1. The highest BCUT2D eigenvalue weighted by Crippen LogP contribution is 2.44. The largest absolute Gasteiger partial charge is 0.381 e. The zero-order valence-electron chi connectivity index (χ0n) is 17.9. The molecule has 1 aliphatic heterocycles. The Kier molecular flexibility index (Phi) is 4.70. The molecule has 0 radical (unpaired) electrons. The lowest BCUT2D eigenvalue weighted by molar-refractivity contribution is 0.0844. The molecule has 5 aromatic rings. The van der Waals surface area contributed by atoms with E-state index in [0.29, 0.717) is 24.7 Å². The Morgan fingerprint density at radius 1 is 1.03 bits per heavy atom. The van der Waals surface area contributed by atoms with Crippen LogP contribution in [0.15, 0.2) is 66.9 Å². The monoisotopic (exact) mass is 436 g/mol. The highest BCUT2D eigenvalue weighted by Gasteiger charge is 2.28. The molecule has 6 rings (SSSR count). The number of rotatable bonds is 3. The summed E-state index contributed by atoms with van der Waals surface area (Å²) in [5, 5.41) is 18.7. The van der Waals surface area contributed by atoms with Crippen molar-refractivity contribution in [2.24, 2.45) is 0 Å². The summed E-state index contributed by atoms with van der Waals surface area (Å²) in [6.07, 6.45) is 3.66. The van der Waals surface area contributed by atoms with Crippen molar-refractivity contribution < 1.29 is 9.13 Å². The number of aromatic nitrogens is 3. The van der Waals surface area contributed by atoms with Crippen molar-refractivity contribution in [3.63, 3.8) is 0 Å². The molecule has 5 nitrogen and oxygen atoms in total. The van der Waals surface area contributed by atoms with E-state index in [2.05, 4.69) is 33.0 Å². The first-order valence-electron chi connectivity index (χ1n) is 11.1. The standard InChI is InChI=1S/C27H21FN4O/c28-21-5-7-22(8-6-21)32-25-13-20-16-30-31-24(20)14-23(25)26(18-3-1-17(15-29)2-4-18)27(32)19-9-11-33-12-10-19/h1-8,13-14,16,19H,9-12H2,(H,30,31). The van der Waals surface area contributed by atoms with Gasteiger partial charge >= 0.3 is 0 Å². The Hall–Kier alpha value is -3.95. The van der Waals surface area contributed by atoms with Gasteiger partial charge in [0.05, 0.1) is 28.9 Å². The van der Waals surface area contributed by atoms with Crippen LogP contribution in [0.25, 0.3) is 38.6 Å². The minimum atomic E-state index is -0.257. The zero-order valence-corrected chi connectivity index (χ0v) is 17.9. The van der Waals surface area contributed by atoms with Gasteiger partial charge in [-0.05, 0) is 66.9 Å².